The first-order valence-corrected chi connectivity index (χ1v) is 15.0. The fourth-order valence-electron chi connectivity index (χ4n) is 3.52. The van der Waals surface area contributed by atoms with Gasteiger partial charge < -0.3 is 14.2 Å². The maximum absolute atomic E-state index is 6.39. The summed E-state index contributed by atoms with van der Waals surface area (Å²) in [4.78, 5) is 1.08. The van der Waals surface area contributed by atoms with E-state index in [1.165, 1.54) is 51.4 Å². The van der Waals surface area contributed by atoms with Crippen LogP contribution in [0.2, 0.25) is 0 Å². The van der Waals surface area contributed by atoms with Crippen LogP contribution in [0.25, 0.3) is 0 Å². The third kappa shape index (κ3) is 23.8. The van der Waals surface area contributed by atoms with Crippen molar-refractivity contribution in [3.05, 3.63) is 0 Å². The van der Waals surface area contributed by atoms with Gasteiger partial charge in [-0.25, -0.2) is 0 Å². The Balaban J connectivity index is 4.54. The van der Waals surface area contributed by atoms with Gasteiger partial charge in [0.1, 0.15) is 0 Å². The van der Waals surface area contributed by atoms with Gasteiger partial charge in [-0.15, -0.1) is 0 Å². The van der Waals surface area contributed by atoms with E-state index in [1.54, 1.807) is 0 Å². The van der Waals surface area contributed by atoms with Crippen LogP contribution in [0.15, 0.2) is 0 Å². The van der Waals surface area contributed by atoms with Gasteiger partial charge in [0, 0.05) is 22.9 Å². The van der Waals surface area contributed by atoms with Crippen molar-refractivity contribution in [2.24, 2.45) is 0 Å². The van der Waals surface area contributed by atoms with Crippen molar-refractivity contribution >= 4 is 31.9 Å². The van der Waals surface area contributed by atoms with E-state index in [0.29, 0.717) is 9.65 Å². The molecule has 0 saturated carbocycles. The van der Waals surface area contributed by atoms with Crippen molar-refractivity contribution in [1.29, 1.82) is 0 Å². The number of alkyl halides is 2. The molecule has 188 valence electrons. The SMILES string of the molecule is CCCCCCCOC(CCCC(C)Br)OC(CCCC(C)Br)OCCCCCCC. The van der Waals surface area contributed by atoms with Crippen LogP contribution in [0.3, 0.4) is 0 Å². The Bertz CT molecular complexity index is 322. The summed E-state index contributed by atoms with van der Waals surface area (Å²) in [5.41, 5.74) is 0. The molecule has 0 bridgehead atoms. The predicted molar refractivity (Wildman–Crippen MR) is 143 cm³/mol. The molecular formula is C26H52Br2O3. The standard InChI is InChI=1S/C26H52Br2O3/c1-5-7-9-11-13-21-29-25(19-15-17-23(3)27)31-26(20-16-18-24(4)28)30-22-14-12-10-8-6-2/h23-26H,5-22H2,1-4H3. The average Bonchev–Trinajstić information content (AvgIpc) is 2.72. The zero-order valence-electron chi connectivity index (χ0n) is 21.0. The minimum absolute atomic E-state index is 0.149. The lowest BCUT2D eigenvalue weighted by atomic mass is 10.1. The summed E-state index contributed by atoms with van der Waals surface area (Å²) in [6.07, 6.45) is 18.6. The molecule has 0 aliphatic rings. The highest BCUT2D eigenvalue weighted by Crippen LogP contribution is 2.19. The van der Waals surface area contributed by atoms with Gasteiger partial charge in [-0.3, -0.25) is 0 Å². The lowest BCUT2D eigenvalue weighted by Gasteiger charge is -2.26. The molecule has 0 saturated heterocycles. The molecular weight excluding hydrogens is 520 g/mol. The highest BCUT2D eigenvalue weighted by molar-refractivity contribution is 9.09. The summed E-state index contributed by atoms with van der Waals surface area (Å²) in [5.74, 6) is 0. The van der Waals surface area contributed by atoms with Crippen molar-refractivity contribution in [2.45, 2.75) is 153 Å². The quantitative estimate of drug-likeness (QED) is 0.0655. The van der Waals surface area contributed by atoms with E-state index >= 15 is 0 Å². The molecule has 0 heterocycles. The summed E-state index contributed by atoms with van der Waals surface area (Å²) in [6, 6.07) is 0. The van der Waals surface area contributed by atoms with Crippen LogP contribution in [0, 0.1) is 0 Å². The molecule has 0 aromatic rings. The van der Waals surface area contributed by atoms with Gasteiger partial charge in [0.15, 0.2) is 12.6 Å². The Kier molecular flexibility index (Phi) is 24.6. The van der Waals surface area contributed by atoms with Gasteiger partial charge in [-0.1, -0.05) is 111 Å². The third-order valence-electron chi connectivity index (χ3n) is 5.49. The Morgan fingerprint density at radius 2 is 0.903 bits per heavy atom. The minimum atomic E-state index is -0.149. The molecule has 5 heteroatoms. The maximum atomic E-state index is 6.39. The smallest absolute Gasteiger partial charge is 0.160 e. The molecule has 0 spiro atoms. The normalized spacial score (nSPS) is 15.7. The van der Waals surface area contributed by atoms with E-state index < -0.39 is 0 Å². The van der Waals surface area contributed by atoms with Crippen LogP contribution in [0.1, 0.15) is 130 Å². The summed E-state index contributed by atoms with van der Waals surface area (Å²) in [7, 11) is 0. The molecule has 0 fully saturated rings. The lowest BCUT2D eigenvalue weighted by molar-refractivity contribution is -0.250. The molecule has 0 aromatic carbocycles. The second-order valence-electron chi connectivity index (χ2n) is 8.99. The number of hydrogen-bond donors (Lipinski definition) is 0. The average molecular weight is 573 g/mol. The first kappa shape index (κ1) is 31.8. The highest BCUT2D eigenvalue weighted by atomic mass is 79.9. The maximum Gasteiger partial charge on any atom is 0.160 e. The molecule has 4 unspecified atom stereocenters. The summed E-state index contributed by atoms with van der Waals surface area (Å²) in [6.45, 7) is 10.5. The number of rotatable bonds is 24. The predicted octanol–water partition coefficient (Wildman–Crippen LogP) is 9.54. The molecule has 0 aliphatic heterocycles. The number of unbranched alkanes of at least 4 members (excludes halogenated alkanes) is 8. The Morgan fingerprint density at radius 1 is 0.516 bits per heavy atom. The minimum Gasteiger partial charge on any atom is -0.353 e. The van der Waals surface area contributed by atoms with Crippen molar-refractivity contribution in [2.75, 3.05) is 13.2 Å². The molecule has 0 radical (unpaired) electrons. The van der Waals surface area contributed by atoms with E-state index in [2.05, 4.69) is 59.6 Å². The lowest BCUT2D eigenvalue weighted by Crippen LogP contribution is -2.28. The molecule has 4 atom stereocenters. The van der Waals surface area contributed by atoms with E-state index in [1.807, 2.05) is 0 Å². The fourth-order valence-corrected chi connectivity index (χ4v) is 4.17. The Hall–Kier alpha value is 0.840. The van der Waals surface area contributed by atoms with E-state index in [0.717, 1.165) is 64.6 Å². The summed E-state index contributed by atoms with van der Waals surface area (Å²) >= 11 is 7.32. The monoisotopic (exact) mass is 570 g/mol. The van der Waals surface area contributed by atoms with E-state index in [4.69, 9.17) is 14.2 Å². The first-order valence-electron chi connectivity index (χ1n) is 13.2. The third-order valence-corrected chi connectivity index (χ3v) is 6.41. The zero-order chi connectivity index (χ0) is 23.2. The van der Waals surface area contributed by atoms with Gasteiger partial charge in [0.25, 0.3) is 0 Å². The second kappa shape index (κ2) is 24.0. The van der Waals surface area contributed by atoms with E-state index in [-0.39, 0.29) is 12.6 Å². The van der Waals surface area contributed by atoms with Crippen molar-refractivity contribution < 1.29 is 14.2 Å². The van der Waals surface area contributed by atoms with Crippen LogP contribution >= 0.6 is 31.9 Å². The van der Waals surface area contributed by atoms with Crippen LogP contribution < -0.4 is 0 Å². The Labute approximate surface area is 211 Å². The topological polar surface area (TPSA) is 27.7 Å². The van der Waals surface area contributed by atoms with Gasteiger partial charge >= 0.3 is 0 Å². The first-order chi connectivity index (χ1) is 15.0. The largest absolute Gasteiger partial charge is 0.353 e. The van der Waals surface area contributed by atoms with Crippen molar-refractivity contribution in [1.82, 2.24) is 0 Å². The summed E-state index contributed by atoms with van der Waals surface area (Å²) in [5, 5.41) is 0. The number of halogens is 2. The molecule has 0 aliphatic carbocycles. The second-order valence-corrected chi connectivity index (χ2v) is 12.1. The van der Waals surface area contributed by atoms with Gasteiger partial charge in [-0.05, 0) is 51.4 Å². The van der Waals surface area contributed by atoms with Gasteiger partial charge in [0.2, 0.25) is 0 Å². The molecule has 3 nitrogen and oxygen atoms in total. The van der Waals surface area contributed by atoms with Crippen molar-refractivity contribution in [3.8, 4) is 0 Å². The van der Waals surface area contributed by atoms with Crippen LogP contribution in [0.4, 0.5) is 0 Å². The fraction of sp³-hybridized carbons (Fsp3) is 1.00. The zero-order valence-corrected chi connectivity index (χ0v) is 24.2. The molecule has 0 amide bonds. The highest BCUT2D eigenvalue weighted by Gasteiger charge is 2.18. The molecule has 31 heavy (non-hydrogen) atoms. The molecule has 0 aromatic heterocycles. The van der Waals surface area contributed by atoms with Crippen LogP contribution in [-0.4, -0.2) is 35.4 Å². The number of hydrogen-bond acceptors (Lipinski definition) is 3. The van der Waals surface area contributed by atoms with E-state index in [9.17, 15) is 0 Å². The van der Waals surface area contributed by atoms with Crippen LogP contribution in [-0.2, 0) is 14.2 Å². The Morgan fingerprint density at radius 3 is 1.26 bits per heavy atom. The molecule has 0 rings (SSSR count). The molecule has 0 N–H and O–H groups in total. The summed E-state index contributed by atoms with van der Waals surface area (Å²) < 4.78 is 18.8. The van der Waals surface area contributed by atoms with Crippen LogP contribution in [0.5, 0.6) is 0 Å². The number of ether oxygens (including phenoxy) is 3. The van der Waals surface area contributed by atoms with Gasteiger partial charge in [0.05, 0.1) is 0 Å². The van der Waals surface area contributed by atoms with Crippen molar-refractivity contribution in [3.63, 3.8) is 0 Å². The van der Waals surface area contributed by atoms with Gasteiger partial charge in [-0.2, -0.15) is 0 Å².